The predicted octanol–water partition coefficient (Wildman–Crippen LogP) is 2.09. The van der Waals surface area contributed by atoms with Gasteiger partial charge < -0.3 is 14.7 Å². The molecule has 1 amide bonds. The molecule has 1 saturated heterocycles. The number of benzene rings is 1. The molecule has 1 aromatic heterocycles. The second-order valence-corrected chi connectivity index (χ2v) is 6.21. The number of likely N-dealkylation sites (tertiary alicyclic amines) is 1. The molecule has 120 valence electrons. The number of hydrogen-bond donors (Lipinski definition) is 1. The summed E-state index contributed by atoms with van der Waals surface area (Å²) in [6, 6.07) is 11.0. The van der Waals surface area contributed by atoms with Gasteiger partial charge in [-0.1, -0.05) is 30.3 Å². The third kappa shape index (κ3) is 3.05. The van der Waals surface area contributed by atoms with Crippen LogP contribution >= 0.6 is 11.5 Å². The Kier molecular flexibility index (Phi) is 4.29. The molecular weight excluding hydrogens is 316 g/mol. The van der Waals surface area contributed by atoms with Gasteiger partial charge in [-0.2, -0.15) is 4.37 Å². The molecule has 2 atom stereocenters. The van der Waals surface area contributed by atoms with Crippen LogP contribution < -0.4 is 4.74 Å². The first-order valence-electron chi connectivity index (χ1n) is 7.18. The van der Waals surface area contributed by atoms with Crippen molar-refractivity contribution in [2.24, 2.45) is 5.92 Å². The summed E-state index contributed by atoms with van der Waals surface area (Å²) < 4.78 is 9.01. The molecule has 0 saturated carbocycles. The van der Waals surface area contributed by atoms with Crippen LogP contribution in [-0.4, -0.2) is 46.5 Å². The van der Waals surface area contributed by atoms with E-state index in [0.717, 1.165) is 17.1 Å². The van der Waals surface area contributed by atoms with E-state index in [0.29, 0.717) is 17.3 Å². The molecule has 0 radical (unpaired) electrons. The number of aliphatic carboxylic acids is 1. The van der Waals surface area contributed by atoms with Gasteiger partial charge in [-0.3, -0.25) is 9.59 Å². The topological polar surface area (TPSA) is 79.7 Å². The van der Waals surface area contributed by atoms with E-state index in [1.165, 1.54) is 7.11 Å². The van der Waals surface area contributed by atoms with E-state index >= 15 is 0 Å². The first-order chi connectivity index (χ1) is 11.1. The zero-order valence-corrected chi connectivity index (χ0v) is 13.3. The first-order valence-corrected chi connectivity index (χ1v) is 7.95. The summed E-state index contributed by atoms with van der Waals surface area (Å²) in [6.07, 6.45) is 0. The number of ether oxygens (including phenoxy) is 1. The quantitative estimate of drug-likeness (QED) is 0.927. The molecule has 1 aromatic carbocycles. The van der Waals surface area contributed by atoms with Gasteiger partial charge in [0.2, 0.25) is 5.88 Å². The van der Waals surface area contributed by atoms with Crippen LogP contribution in [0.25, 0.3) is 0 Å². The zero-order valence-electron chi connectivity index (χ0n) is 12.5. The van der Waals surface area contributed by atoms with Crippen LogP contribution in [0, 0.1) is 5.92 Å². The zero-order chi connectivity index (χ0) is 16.4. The number of amides is 1. The number of carbonyl (C=O) groups is 2. The molecule has 3 rings (SSSR count). The van der Waals surface area contributed by atoms with Gasteiger partial charge >= 0.3 is 5.97 Å². The van der Waals surface area contributed by atoms with Crippen LogP contribution in [0.4, 0.5) is 0 Å². The second kappa shape index (κ2) is 6.37. The maximum Gasteiger partial charge on any atom is 0.308 e. The Morgan fingerprint density at radius 1 is 1.30 bits per heavy atom. The minimum Gasteiger partial charge on any atom is -0.481 e. The van der Waals surface area contributed by atoms with Crippen molar-refractivity contribution in [3.63, 3.8) is 0 Å². The maximum absolute atomic E-state index is 12.6. The monoisotopic (exact) mass is 332 g/mol. The summed E-state index contributed by atoms with van der Waals surface area (Å²) in [5.41, 5.74) is 0.942. The van der Waals surface area contributed by atoms with Crippen LogP contribution in [0.5, 0.6) is 5.88 Å². The van der Waals surface area contributed by atoms with Crippen molar-refractivity contribution in [3.8, 4) is 5.88 Å². The van der Waals surface area contributed by atoms with Gasteiger partial charge in [-0.05, 0) is 17.1 Å². The molecule has 2 aromatic rings. The van der Waals surface area contributed by atoms with E-state index in [4.69, 9.17) is 4.74 Å². The molecule has 2 heterocycles. The maximum atomic E-state index is 12.6. The van der Waals surface area contributed by atoms with E-state index in [2.05, 4.69) is 4.37 Å². The standard InChI is InChI=1S/C16H16N2O4S/c1-22-14-7-13(23-17-14)15(19)18-8-11(12(9-18)16(20)21)10-5-3-2-4-6-10/h2-7,11-12H,8-9H2,1H3,(H,20,21)/t11-,12+/m1/s1. The SMILES string of the molecule is COc1cc(C(=O)N2C[C@H](C(=O)O)[C@@H](c3ccccc3)C2)sn1. The van der Waals surface area contributed by atoms with Gasteiger partial charge in [0.05, 0.1) is 13.0 Å². The Morgan fingerprint density at radius 3 is 2.65 bits per heavy atom. The average molecular weight is 332 g/mol. The highest BCUT2D eigenvalue weighted by atomic mass is 32.1. The van der Waals surface area contributed by atoms with Gasteiger partial charge in [0.15, 0.2) is 0 Å². The van der Waals surface area contributed by atoms with Gasteiger partial charge in [-0.25, -0.2) is 0 Å². The summed E-state index contributed by atoms with van der Waals surface area (Å²) in [7, 11) is 1.49. The smallest absolute Gasteiger partial charge is 0.308 e. The third-order valence-corrected chi connectivity index (χ3v) is 4.82. The van der Waals surface area contributed by atoms with Crippen LogP contribution in [0.15, 0.2) is 36.4 Å². The lowest BCUT2D eigenvalue weighted by Crippen LogP contribution is -2.29. The largest absolute Gasteiger partial charge is 0.481 e. The van der Waals surface area contributed by atoms with Crippen molar-refractivity contribution in [3.05, 3.63) is 46.8 Å². The van der Waals surface area contributed by atoms with E-state index in [1.54, 1.807) is 11.0 Å². The highest BCUT2D eigenvalue weighted by Crippen LogP contribution is 2.34. The van der Waals surface area contributed by atoms with Gasteiger partial charge in [0.1, 0.15) is 4.88 Å². The normalized spacial score (nSPS) is 20.5. The Balaban J connectivity index is 1.82. The van der Waals surface area contributed by atoms with E-state index < -0.39 is 11.9 Å². The van der Waals surface area contributed by atoms with Crippen molar-refractivity contribution < 1.29 is 19.4 Å². The lowest BCUT2D eigenvalue weighted by atomic mass is 9.89. The second-order valence-electron chi connectivity index (χ2n) is 5.41. The van der Waals surface area contributed by atoms with Crippen molar-refractivity contribution in [2.75, 3.05) is 20.2 Å². The fraction of sp³-hybridized carbons (Fsp3) is 0.312. The molecule has 0 bridgehead atoms. The Morgan fingerprint density at radius 2 is 2.04 bits per heavy atom. The van der Waals surface area contributed by atoms with Crippen LogP contribution in [0.2, 0.25) is 0 Å². The van der Waals surface area contributed by atoms with Crippen LogP contribution in [0.3, 0.4) is 0 Å². The minimum atomic E-state index is -0.879. The fourth-order valence-electron chi connectivity index (χ4n) is 2.87. The number of carbonyl (C=O) groups excluding carboxylic acids is 1. The molecule has 1 aliphatic heterocycles. The number of aromatic nitrogens is 1. The summed E-state index contributed by atoms with van der Waals surface area (Å²) >= 11 is 1.06. The Hall–Kier alpha value is -2.41. The van der Waals surface area contributed by atoms with E-state index in [-0.39, 0.29) is 18.4 Å². The van der Waals surface area contributed by atoms with Crippen molar-refractivity contribution in [2.45, 2.75) is 5.92 Å². The number of hydrogen-bond acceptors (Lipinski definition) is 5. The summed E-state index contributed by atoms with van der Waals surface area (Å²) in [6.45, 7) is 0.591. The van der Waals surface area contributed by atoms with Crippen LogP contribution in [0.1, 0.15) is 21.2 Å². The highest BCUT2D eigenvalue weighted by Gasteiger charge is 2.41. The number of carboxylic acids is 1. The predicted molar refractivity (Wildman–Crippen MR) is 84.9 cm³/mol. The number of methoxy groups -OCH3 is 1. The van der Waals surface area contributed by atoms with Gasteiger partial charge in [0.25, 0.3) is 5.91 Å². The molecule has 1 aliphatic rings. The molecule has 23 heavy (non-hydrogen) atoms. The van der Waals surface area contributed by atoms with Crippen molar-refractivity contribution >= 4 is 23.4 Å². The van der Waals surface area contributed by atoms with E-state index in [1.807, 2.05) is 30.3 Å². The lowest BCUT2D eigenvalue weighted by Gasteiger charge is -2.15. The van der Waals surface area contributed by atoms with Gasteiger partial charge in [0, 0.05) is 25.1 Å². The van der Waals surface area contributed by atoms with Crippen molar-refractivity contribution in [1.29, 1.82) is 0 Å². The molecule has 1 fully saturated rings. The molecule has 1 N–H and O–H groups in total. The molecule has 0 aliphatic carbocycles. The summed E-state index contributed by atoms with van der Waals surface area (Å²) in [5, 5.41) is 9.49. The average Bonchev–Trinajstić information content (AvgIpc) is 3.22. The Labute approximate surface area is 137 Å². The number of nitrogens with zero attached hydrogens (tertiary/aromatic N) is 2. The van der Waals surface area contributed by atoms with Crippen molar-refractivity contribution in [1.82, 2.24) is 9.27 Å². The third-order valence-electron chi connectivity index (χ3n) is 4.06. The molecule has 6 nitrogen and oxygen atoms in total. The number of carboxylic acid groups (broad SMARTS) is 1. The number of rotatable bonds is 4. The summed E-state index contributed by atoms with van der Waals surface area (Å²) in [4.78, 5) is 26.2. The fourth-order valence-corrected chi connectivity index (χ4v) is 3.55. The Bertz CT molecular complexity index is 716. The molecule has 0 spiro atoms. The molecule has 0 unspecified atom stereocenters. The first kappa shape index (κ1) is 15.5. The van der Waals surface area contributed by atoms with Crippen LogP contribution in [-0.2, 0) is 4.79 Å². The molecular formula is C16H16N2O4S. The lowest BCUT2D eigenvalue weighted by molar-refractivity contribution is -0.141. The summed E-state index contributed by atoms with van der Waals surface area (Å²) in [5.74, 6) is -1.48. The van der Waals surface area contributed by atoms with Gasteiger partial charge in [-0.15, -0.1) is 0 Å². The highest BCUT2D eigenvalue weighted by molar-refractivity contribution is 7.08. The van der Waals surface area contributed by atoms with E-state index in [9.17, 15) is 14.7 Å². The molecule has 7 heteroatoms. The minimum absolute atomic E-state index is 0.199.